The fourth-order valence-corrected chi connectivity index (χ4v) is 4.40. The van der Waals surface area contributed by atoms with Gasteiger partial charge in [-0.05, 0) is 41.3 Å². The number of thiophene rings is 1. The van der Waals surface area contributed by atoms with Crippen molar-refractivity contribution in [1.82, 2.24) is 5.32 Å². The van der Waals surface area contributed by atoms with E-state index in [9.17, 15) is 19.8 Å². The molecule has 152 valence electrons. The smallest absolute Gasteiger partial charge is 0.321 e. The van der Waals surface area contributed by atoms with Gasteiger partial charge in [0, 0.05) is 15.6 Å². The van der Waals surface area contributed by atoms with Crippen molar-refractivity contribution in [2.24, 2.45) is 5.92 Å². The molecule has 1 aromatic heterocycles. The number of carbonyl (C=O) groups is 2. The van der Waals surface area contributed by atoms with Crippen LogP contribution in [0.3, 0.4) is 0 Å². The van der Waals surface area contributed by atoms with Gasteiger partial charge in [0.1, 0.15) is 12.1 Å². The van der Waals surface area contributed by atoms with Crippen LogP contribution in [0.1, 0.15) is 25.8 Å². The topological polar surface area (TPSA) is 86.6 Å². The van der Waals surface area contributed by atoms with Crippen molar-refractivity contribution >= 4 is 33.4 Å². The first kappa shape index (κ1) is 21.0. The van der Waals surface area contributed by atoms with E-state index >= 15 is 0 Å². The molecule has 0 radical (unpaired) electrons. The van der Waals surface area contributed by atoms with Gasteiger partial charge in [-0.3, -0.25) is 14.9 Å². The summed E-state index contributed by atoms with van der Waals surface area (Å²) in [7, 11) is 0. The minimum Gasteiger partial charge on any atom is -0.480 e. The summed E-state index contributed by atoms with van der Waals surface area (Å²) in [6.07, 6.45) is 0.602. The monoisotopic (exact) mass is 411 g/mol. The summed E-state index contributed by atoms with van der Waals surface area (Å²) in [5.74, 6) is -1.92. The Morgan fingerprint density at radius 1 is 0.966 bits per heavy atom. The second kappa shape index (κ2) is 9.20. The maximum Gasteiger partial charge on any atom is 0.321 e. The summed E-state index contributed by atoms with van der Waals surface area (Å²) in [4.78, 5) is 23.2. The largest absolute Gasteiger partial charge is 0.480 e. The fourth-order valence-electron chi connectivity index (χ4n) is 3.43. The van der Waals surface area contributed by atoms with E-state index in [1.807, 2.05) is 50.2 Å². The molecule has 2 aromatic carbocycles. The second-order valence-corrected chi connectivity index (χ2v) is 8.54. The Morgan fingerprint density at radius 3 is 2.24 bits per heavy atom. The molecule has 6 heteroatoms. The molecule has 1 heterocycles. The van der Waals surface area contributed by atoms with E-state index in [-0.39, 0.29) is 12.3 Å². The SMILES string of the molecule is CC(C)CC(NC(Cc1ccc(-c2csc3ccccc23)cc1)C(=O)O)C(=O)O. The fraction of sp³-hybridized carbons (Fsp3) is 0.304. The minimum atomic E-state index is -1.05. The highest BCUT2D eigenvalue weighted by molar-refractivity contribution is 7.17. The summed E-state index contributed by atoms with van der Waals surface area (Å²) < 4.78 is 1.23. The lowest BCUT2D eigenvalue weighted by atomic mass is 9.98. The Balaban J connectivity index is 1.76. The van der Waals surface area contributed by atoms with E-state index in [0.717, 1.165) is 16.7 Å². The van der Waals surface area contributed by atoms with Gasteiger partial charge in [0.05, 0.1) is 0 Å². The Bertz CT molecular complexity index is 994. The predicted octanol–water partition coefficient (Wildman–Crippen LogP) is 4.65. The number of hydrogen-bond donors (Lipinski definition) is 3. The van der Waals surface area contributed by atoms with Gasteiger partial charge >= 0.3 is 11.9 Å². The van der Waals surface area contributed by atoms with Crippen molar-refractivity contribution in [1.29, 1.82) is 0 Å². The minimum absolute atomic E-state index is 0.151. The van der Waals surface area contributed by atoms with Gasteiger partial charge < -0.3 is 10.2 Å². The van der Waals surface area contributed by atoms with Gasteiger partial charge in [0.15, 0.2) is 0 Å². The zero-order valence-electron chi connectivity index (χ0n) is 16.5. The van der Waals surface area contributed by atoms with Crippen LogP contribution in [0.2, 0.25) is 0 Å². The molecule has 0 saturated carbocycles. The summed E-state index contributed by atoms with van der Waals surface area (Å²) >= 11 is 1.70. The van der Waals surface area contributed by atoms with E-state index in [1.165, 1.54) is 10.1 Å². The molecular weight excluding hydrogens is 386 g/mol. The normalized spacial score (nSPS) is 13.5. The Kier molecular flexibility index (Phi) is 6.67. The highest BCUT2D eigenvalue weighted by Crippen LogP contribution is 2.33. The number of benzene rings is 2. The lowest BCUT2D eigenvalue weighted by molar-refractivity contribution is -0.142. The van der Waals surface area contributed by atoms with Crippen LogP contribution in [0.25, 0.3) is 21.2 Å². The van der Waals surface area contributed by atoms with Crippen LogP contribution in [0.4, 0.5) is 0 Å². The molecule has 0 aliphatic carbocycles. The van der Waals surface area contributed by atoms with Crippen molar-refractivity contribution in [2.45, 2.75) is 38.8 Å². The maximum absolute atomic E-state index is 11.7. The zero-order valence-corrected chi connectivity index (χ0v) is 17.3. The lowest BCUT2D eigenvalue weighted by Crippen LogP contribution is -2.48. The molecule has 0 spiro atoms. The molecule has 5 nitrogen and oxygen atoms in total. The molecule has 3 rings (SSSR count). The predicted molar refractivity (Wildman–Crippen MR) is 116 cm³/mol. The highest BCUT2D eigenvalue weighted by atomic mass is 32.1. The van der Waals surface area contributed by atoms with Crippen molar-refractivity contribution in [3.8, 4) is 11.1 Å². The van der Waals surface area contributed by atoms with E-state index < -0.39 is 24.0 Å². The Hall–Kier alpha value is -2.70. The molecule has 0 amide bonds. The molecule has 0 aliphatic rings. The molecule has 0 aliphatic heterocycles. The van der Waals surface area contributed by atoms with Crippen molar-refractivity contribution in [3.63, 3.8) is 0 Å². The summed E-state index contributed by atoms with van der Waals surface area (Å²) in [6, 6.07) is 14.2. The maximum atomic E-state index is 11.7. The van der Waals surface area contributed by atoms with E-state index in [0.29, 0.717) is 6.42 Å². The quantitative estimate of drug-likeness (QED) is 0.477. The summed E-state index contributed by atoms with van der Waals surface area (Å²) in [5, 5.41) is 25.1. The molecule has 3 N–H and O–H groups in total. The number of fused-ring (bicyclic) bond motifs is 1. The molecule has 0 bridgehead atoms. The van der Waals surface area contributed by atoms with Crippen LogP contribution in [-0.2, 0) is 16.0 Å². The Morgan fingerprint density at radius 2 is 1.62 bits per heavy atom. The van der Waals surface area contributed by atoms with Crippen LogP contribution >= 0.6 is 11.3 Å². The van der Waals surface area contributed by atoms with Crippen LogP contribution in [-0.4, -0.2) is 34.2 Å². The van der Waals surface area contributed by atoms with Gasteiger partial charge in [0.2, 0.25) is 0 Å². The van der Waals surface area contributed by atoms with Gasteiger partial charge in [-0.1, -0.05) is 56.3 Å². The number of hydrogen-bond acceptors (Lipinski definition) is 4. The van der Waals surface area contributed by atoms with E-state index in [2.05, 4.69) is 22.8 Å². The van der Waals surface area contributed by atoms with Crippen LogP contribution < -0.4 is 5.32 Å². The molecule has 0 fully saturated rings. The molecular formula is C23H25NO4S. The number of nitrogens with one attached hydrogen (secondary N) is 1. The van der Waals surface area contributed by atoms with Crippen molar-refractivity contribution in [2.75, 3.05) is 0 Å². The standard InChI is InChI=1S/C23H25NO4S/c1-14(2)11-19(22(25)26)24-20(23(27)28)12-15-7-9-16(10-8-15)18-13-29-21-6-4-3-5-17(18)21/h3-10,13-14,19-20,24H,11-12H2,1-2H3,(H,25,26)(H,27,28). The number of carboxylic acid groups (broad SMARTS) is 2. The molecule has 2 atom stereocenters. The van der Waals surface area contributed by atoms with Gasteiger partial charge in [-0.25, -0.2) is 0 Å². The molecule has 29 heavy (non-hydrogen) atoms. The third kappa shape index (κ3) is 5.22. The third-order valence-electron chi connectivity index (χ3n) is 4.89. The van der Waals surface area contributed by atoms with Crippen LogP contribution in [0.15, 0.2) is 53.9 Å². The third-order valence-corrected chi connectivity index (χ3v) is 5.85. The van der Waals surface area contributed by atoms with Gasteiger partial charge in [-0.2, -0.15) is 0 Å². The molecule has 3 aromatic rings. The first-order chi connectivity index (χ1) is 13.8. The number of carboxylic acids is 2. The number of aliphatic carboxylic acids is 2. The lowest BCUT2D eigenvalue weighted by Gasteiger charge is -2.22. The van der Waals surface area contributed by atoms with Gasteiger partial charge in [-0.15, -0.1) is 11.3 Å². The number of rotatable bonds is 9. The summed E-state index contributed by atoms with van der Waals surface area (Å²) in [6.45, 7) is 3.83. The second-order valence-electron chi connectivity index (χ2n) is 7.62. The van der Waals surface area contributed by atoms with E-state index in [4.69, 9.17) is 0 Å². The molecule has 2 unspecified atom stereocenters. The zero-order chi connectivity index (χ0) is 21.0. The Labute approximate surface area is 174 Å². The highest BCUT2D eigenvalue weighted by Gasteiger charge is 2.26. The van der Waals surface area contributed by atoms with Crippen molar-refractivity contribution in [3.05, 3.63) is 59.5 Å². The first-order valence-electron chi connectivity index (χ1n) is 9.62. The van der Waals surface area contributed by atoms with E-state index in [1.54, 1.807) is 11.3 Å². The average Bonchev–Trinajstić information content (AvgIpc) is 3.11. The summed E-state index contributed by atoms with van der Waals surface area (Å²) in [5.41, 5.74) is 3.09. The average molecular weight is 412 g/mol. The van der Waals surface area contributed by atoms with Crippen molar-refractivity contribution < 1.29 is 19.8 Å². The molecule has 0 saturated heterocycles. The first-order valence-corrected chi connectivity index (χ1v) is 10.5. The van der Waals surface area contributed by atoms with Crippen LogP contribution in [0.5, 0.6) is 0 Å². The van der Waals surface area contributed by atoms with Gasteiger partial charge in [0.25, 0.3) is 0 Å². The van der Waals surface area contributed by atoms with Crippen LogP contribution in [0, 0.1) is 5.92 Å².